The summed E-state index contributed by atoms with van der Waals surface area (Å²) in [4.78, 5) is 0.300. The van der Waals surface area contributed by atoms with Crippen LogP contribution in [0.25, 0.3) is 0 Å². The number of rotatable bonds is 5. The third kappa shape index (κ3) is 4.94. The lowest BCUT2D eigenvalue weighted by atomic mass is 9.80. The molecule has 0 aliphatic heterocycles. The van der Waals surface area contributed by atoms with Crippen molar-refractivity contribution in [3.05, 3.63) is 63.6 Å². The molecule has 3 nitrogen and oxygen atoms in total. The average Bonchev–Trinajstić information content (AvgIpc) is 2.63. The van der Waals surface area contributed by atoms with Gasteiger partial charge in [0.15, 0.2) is 0 Å². The number of halogens is 2. The Labute approximate surface area is 175 Å². The number of hydrogen-bond acceptors (Lipinski definition) is 2. The van der Waals surface area contributed by atoms with Crippen molar-refractivity contribution < 1.29 is 8.42 Å². The summed E-state index contributed by atoms with van der Waals surface area (Å²) in [6.07, 6.45) is 3.11. The molecule has 27 heavy (non-hydrogen) atoms. The summed E-state index contributed by atoms with van der Waals surface area (Å²) in [5.74, 6) is 0.859. The molecule has 146 valence electrons. The van der Waals surface area contributed by atoms with E-state index in [1.807, 2.05) is 24.3 Å². The Morgan fingerprint density at radius 2 is 1.67 bits per heavy atom. The maximum atomic E-state index is 13.5. The highest BCUT2D eigenvalue weighted by Gasteiger charge is 2.37. The van der Waals surface area contributed by atoms with Crippen molar-refractivity contribution >= 4 is 37.6 Å². The van der Waals surface area contributed by atoms with E-state index in [0.29, 0.717) is 28.3 Å². The number of benzene rings is 2. The molecular formula is C21H25BrClNO2S. The Bertz CT molecular complexity index is 868. The molecule has 0 amide bonds. The standard InChI is InChI=1S/C21H25BrClNO2S/c1-15-3-4-16(2)21(13-15)24(14-17-5-7-18(22)8-6-17)27(25,26)20-11-9-19(23)10-12-20/h5-12,15-16,21H,3-4,13-14H2,1-2H3. The predicted molar refractivity (Wildman–Crippen MR) is 114 cm³/mol. The van der Waals surface area contributed by atoms with E-state index in [9.17, 15) is 8.42 Å². The fraction of sp³-hybridized carbons (Fsp3) is 0.429. The molecule has 0 spiro atoms. The summed E-state index contributed by atoms with van der Waals surface area (Å²) in [6.45, 7) is 4.76. The first-order valence-corrected chi connectivity index (χ1v) is 11.9. The fourth-order valence-electron chi connectivity index (χ4n) is 3.80. The van der Waals surface area contributed by atoms with Gasteiger partial charge in [-0.05, 0) is 66.6 Å². The summed E-state index contributed by atoms with van der Waals surface area (Å²) in [5.41, 5.74) is 0.987. The highest BCUT2D eigenvalue weighted by atomic mass is 79.9. The third-order valence-electron chi connectivity index (χ3n) is 5.46. The second-order valence-corrected chi connectivity index (χ2v) is 10.8. The second-order valence-electron chi connectivity index (χ2n) is 7.59. The van der Waals surface area contributed by atoms with Gasteiger partial charge in [-0.25, -0.2) is 8.42 Å². The third-order valence-corrected chi connectivity index (χ3v) is 8.12. The molecule has 2 aromatic rings. The van der Waals surface area contributed by atoms with E-state index in [4.69, 9.17) is 11.6 Å². The lowest BCUT2D eigenvalue weighted by Gasteiger charge is -2.40. The minimum absolute atomic E-state index is 0.00178. The van der Waals surface area contributed by atoms with Crippen molar-refractivity contribution in [2.45, 2.75) is 50.6 Å². The topological polar surface area (TPSA) is 37.4 Å². The van der Waals surface area contributed by atoms with Gasteiger partial charge in [0, 0.05) is 22.1 Å². The Morgan fingerprint density at radius 3 is 2.30 bits per heavy atom. The van der Waals surface area contributed by atoms with Crippen LogP contribution >= 0.6 is 27.5 Å². The molecular weight excluding hydrogens is 446 g/mol. The quantitative estimate of drug-likeness (QED) is 0.528. The maximum Gasteiger partial charge on any atom is 0.243 e. The second kappa shape index (κ2) is 8.64. The maximum absolute atomic E-state index is 13.5. The summed E-state index contributed by atoms with van der Waals surface area (Å²) in [5, 5.41) is 0.535. The molecule has 3 rings (SSSR count). The van der Waals surface area contributed by atoms with Gasteiger partial charge in [0.25, 0.3) is 0 Å². The Kier molecular flexibility index (Phi) is 6.67. The smallest absolute Gasteiger partial charge is 0.207 e. The molecule has 0 saturated heterocycles. The van der Waals surface area contributed by atoms with E-state index in [1.165, 1.54) is 0 Å². The van der Waals surface area contributed by atoms with Gasteiger partial charge in [0.1, 0.15) is 0 Å². The molecule has 0 N–H and O–H groups in total. The van der Waals surface area contributed by atoms with E-state index in [0.717, 1.165) is 29.3 Å². The van der Waals surface area contributed by atoms with Crippen molar-refractivity contribution in [3.8, 4) is 0 Å². The molecule has 6 heteroatoms. The van der Waals surface area contributed by atoms with Crippen LogP contribution in [-0.4, -0.2) is 18.8 Å². The van der Waals surface area contributed by atoms with Crippen LogP contribution < -0.4 is 0 Å². The SMILES string of the molecule is CC1CCC(C)C(N(Cc2ccc(Br)cc2)S(=O)(=O)c2ccc(Cl)cc2)C1. The van der Waals surface area contributed by atoms with Crippen LogP contribution in [0.1, 0.15) is 38.7 Å². The van der Waals surface area contributed by atoms with E-state index >= 15 is 0 Å². The van der Waals surface area contributed by atoms with Crippen LogP contribution in [-0.2, 0) is 16.6 Å². The molecule has 2 aromatic carbocycles. The lowest BCUT2D eigenvalue weighted by molar-refractivity contribution is 0.153. The van der Waals surface area contributed by atoms with Crippen molar-refractivity contribution in [2.24, 2.45) is 11.8 Å². The normalized spacial score (nSPS) is 23.5. The van der Waals surface area contributed by atoms with Crippen molar-refractivity contribution in [1.82, 2.24) is 4.31 Å². The van der Waals surface area contributed by atoms with Crippen molar-refractivity contribution in [3.63, 3.8) is 0 Å². The van der Waals surface area contributed by atoms with Crippen LogP contribution in [0.5, 0.6) is 0 Å². The zero-order valence-corrected chi connectivity index (χ0v) is 18.8. The van der Waals surface area contributed by atoms with Crippen LogP contribution in [0.4, 0.5) is 0 Å². The molecule has 1 aliphatic carbocycles. The predicted octanol–water partition coefficient (Wildman–Crippen LogP) is 6.12. The zero-order valence-electron chi connectivity index (χ0n) is 15.6. The van der Waals surface area contributed by atoms with Crippen LogP contribution in [0.2, 0.25) is 5.02 Å². The van der Waals surface area contributed by atoms with E-state index in [2.05, 4.69) is 29.8 Å². The first-order valence-electron chi connectivity index (χ1n) is 9.29. The molecule has 0 heterocycles. The highest BCUT2D eigenvalue weighted by molar-refractivity contribution is 9.10. The fourth-order valence-corrected chi connectivity index (χ4v) is 5.91. The highest BCUT2D eigenvalue weighted by Crippen LogP contribution is 2.36. The van der Waals surface area contributed by atoms with E-state index < -0.39 is 10.0 Å². The van der Waals surface area contributed by atoms with Crippen LogP contribution in [0, 0.1) is 11.8 Å². The average molecular weight is 471 g/mol. The minimum Gasteiger partial charge on any atom is -0.207 e. The van der Waals surface area contributed by atoms with Gasteiger partial charge in [0.05, 0.1) is 4.90 Å². The Balaban J connectivity index is 2.00. The minimum atomic E-state index is -3.62. The number of nitrogens with zero attached hydrogens (tertiary/aromatic N) is 1. The molecule has 1 fully saturated rings. The van der Waals surface area contributed by atoms with E-state index in [-0.39, 0.29) is 6.04 Å². The van der Waals surface area contributed by atoms with Crippen molar-refractivity contribution in [1.29, 1.82) is 0 Å². The van der Waals surface area contributed by atoms with Gasteiger partial charge >= 0.3 is 0 Å². The van der Waals surface area contributed by atoms with E-state index in [1.54, 1.807) is 28.6 Å². The monoisotopic (exact) mass is 469 g/mol. The molecule has 3 atom stereocenters. The van der Waals surface area contributed by atoms with Crippen LogP contribution in [0.3, 0.4) is 0 Å². The number of sulfonamides is 1. The molecule has 0 bridgehead atoms. The lowest BCUT2D eigenvalue weighted by Crippen LogP contribution is -2.46. The summed E-state index contributed by atoms with van der Waals surface area (Å²) in [7, 11) is -3.62. The summed E-state index contributed by atoms with van der Waals surface area (Å²) in [6, 6.07) is 14.3. The van der Waals surface area contributed by atoms with Gasteiger partial charge in [-0.2, -0.15) is 4.31 Å². The van der Waals surface area contributed by atoms with Gasteiger partial charge in [-0.15, -0.1) is 0 Å². The zero-order chi connectivity index (χ0) is 19.6. The molecule has 3 unspecified atom stereocenters. The van der Waals surface area contributed by atoms with Gasteiger partial charge in [-0.3, -0.25) is 0 Å². The summed E-state index contributed by atoms with van der Waals surface area (Å²) < 4.78 is 29.8. The first kappa shape index (κ1) is 20.8. The Hall–Kier alpha value is -0.880. The summed E-state index contributed by atoms with van der Waals surface area (Å²) >= 11 is 9.41. The van der Waals surface area contributed by atoms with Gasteiger partial charge < -0.3 is 0 Å². The number of hydrogen-bond donors (Lipinski definition) is 0. The molecule has 0 radical (unpaired) electrons. The molecule has 1 aliphatic rings. The molecule has 0 aromatic heterocycles. The van der Waals surface area contributed by atoms with Crippen molar-refractivity contribution in [2.75, 3.05) is 0 Å². The van der Waals surface area contributed by atoms with Gasteiger partial charge in [0.2, 0.25) is 10.0 Å². The first-order chi connectivity index (χ1) is 12.8. The Morgan fingerprint density at radius 1 is 1.04 bits per heavy atom. The van der Waals surface area contributed by atoms with Gasteiger partial charge in [-0.1, -0.05) is 59.9 Å². The van der Waals surface area contributed by atoms with Crippen LogP contribution in [0.15, 0.2) is 57.9 Å². The molecule has 1 saturated carbocycles. The largest absolute Gasteiger partial charge is 0.243 e.